The second-order valence-electron chi connectivity index (χ2n) is 4.93. The van der Waals surface area contributed by atoms with E-state index in [1.807, 2.05) is 18.2 Å². The fourth-order valence-corrected chi connectivity index (χ4v) is 2.31. The highest BCUT2D eigenvalue weighted by Crippen LogP contribution is 2.33. The third-order valence-corrected chi connectivity index (χ3v) is 3.33. The van der Waals surface area contributed by atoms with Crippen molar-refractivity contribution in [3.05, 3.63) is 103 Å². The molecular formula is C20H17N3O. The fraction of sp³-hybridized carbons (Fsp3) is 0. The molecule has 4 nitrogen and oxygen atoms in total. The molecule has 0 atom stereocenters. The quantitative estimate of drug-likeness (QED) is 0.519. The van der Waals surface area contributed by atoms with E-state index < -0.39 is 0 Å². The SMILES string of the molecule is c1ccc(N(c2ccccc2)c2ccccc2)cc1.c1conn1. The summed E-state index contributed by atoms with van der Waals surface area (Å²) in [6, 6.07) is 31.3. The minimum atomic E-state index is 1.17. The summed E-state index contributed by atoms with van der Waals surface area (Å²) >= 11 is 0. The molecule has 0 aliphatic carbocycles. The first-order valence-electron chi connectivity index (χ1n) is 7.61. The van der Waals surface area contributed by atoms with Crippen molar-refractivity contribution in [1.82, 2.24) is 10.4 Å². The monoisotopic (exact) mass is 315 g/mol. The van der Waals surface area contributed by atoms with Gasteiger partial charge in [0, 0.05) is 22.3 Å². The van der Waals surface area contributed by atoms with E-state index in [-0.39, 0.29) is 0 Å². The van der Waals surface area contributed by atoms with Crippen molar-refractivity contribution in [3.8, 4) is 0 Å². The van der Waals surface area contributed by atoms with Gasteiger partial charge in [0.15, 0.2) is 0 Å². The van der Waals surface area contributed by atoms with Crippen LogP contribution >= 0.6 is 0 Å². The molecule has 1 aromatic heterocycles. The molecule has 1 heterocycles. The molecule has 0 saturated carbocycles. The lowest BCUT2D eigenvalue weighted by Gasteiger charge is -2.25. The Labute approximate surface area is 141 Å². The van der Waals surface area contributed by atoms with Gasteiger partial charge in [-0.25, -0.2) is 0 Å². The van der Waals surface area contributed by atoms with Crippen LogP contribution in [0.25, 0.3) is 0 Å². The van der Waals surface area contributed by atoms with Gasteiger partial charge in [-0.2, -0.15) is 0 Å². The maximum absolute atomic E-state index is 4.22. The molecule has 3 aromatic carbocycles. The number of nitrogens with zero attached hydrogens (tertiary/aromatic N) is 3. The fourth-order valence-electron chi connectivity index (χ4n) is 2.31. The van der Waals surface area contributed by atoms with Crippen LogP contribution in [0.4, 0.5) is 17.1 Å². The predicted octanol–water partition coefficient (Wildman–Crippen LogP) is 5.23. The summed E-state index contributed by atoms with van der Waals surface area (Å²) in [4.78, 5) is 2.25. The van der Waals surface area contributed by atoms with E-state index in [9.17, 15) is 0 Å². The van der Waals surface area contributed by atoms with Crippen LogP contribution in [-0.4, -0.2) is 10.4 Å². The predicted molar refractivity (Wildman–Crippen MR) is 95.4 cm³/mol. The first-order chi connectivity index (χ1) is 11.9. The van der Waals surface area contributed by atoms with Gasteiger partial charge >= 0.3 is 0 Å². The van der Waals surface area contributed by atoms with Crippen molar-refractivity contribution >= 4 is 17.1 Å². The maximum Gasteiger partial charge on any atom is 0.144 e. The smallest absolute Gasteiger partial charge is 0.144 e. The highest BCUT2D eigenvalue weighted by atomic mass is 16.5. The summed E-state index contributed by atoms with van der Waals surface area (Å²) in [6.45, 7) is 0. The Bertz CT molecular complexity index is 692. The number of anilines is 3. The first-order valence-corrected chi connectivity index (χ1v) is 7.61. The van der Waals surface area contributed by atoms with Crippen LogP contribution < -0.4 is 4.90 Å². The van der Waals surface area contributed by atoms with Crippen LogP contribution in [0.1, 0.15) is 0 Å². The van der Waals surface area contributed by atoms with E-state index in [2.05, 4.69) is 92.6 Å². The number of benzene rings is 3. The Morgan fingerprint density at radius 2 is 1.00 bits per heavy atom. The van der Waals surface area contributed by atoms with Gasteiger partial charge in [0.05, 0.1) is 6.20 Å². The van der Waals surface area contributed by atoms with Crippen LogP contribution in [0.15, 0.2) is 108 Å². The highest BCUT2D eigenvalue weighted by Gasteiger charge is 2.10. The van der Waals surface area contributed by atoms with E-state index in [1.54, 1.807) is 0 Å². The Hall–Kier alpha value is -3.40. The van der Waals surface area contributed by atoms with Gasteiger partial charge in [-0.05, 0) is 36.4 Å². The molecule has 0 unspecified atom stereocenters. The molecule has 24 heavy (non-hydrogen) atoms. The van der Waals surface area contributed by atoms with E-state index in [0.717, 1.165) is 0 Å². The van der Waals surface area contributed by atoms with Gasteiger partial charge in [0.25, 0.3) is 0 Å². The number of hydrogen-bond donors (Lipinski definition) is 0. The molecule has 0 saturated heterocycles. The van der Waals surface area contributed by atoms with Crippen molar-refractivity contribution in [2.45, 2.75) is 0 Å². The molecule has 0 aliphatic heterocycles. The molecule has 4 aromatic rings. The third kappa shape index (κ3) is 4.08. The maximum atomic E-state index is 4.22. The summed E-state index contributed by atoms with van der Waals surface area (Å²) in [7, 11) is 0. The zero-order valence-corrected chi connectivity index (χ0v) is 13.1. The topological polar surface area (TPSA) is 42.2 Å². The van der Waals surface area contributed by atoms with Gasteiger partial charge < -0.3 is 9.42 Å². The number of rotatable bonds is 3. The summed E-state index contributed by atoms with van der Waals surface area (Å²) in [5.41, 5.74) is 3.50. The van der Waals surface area contributed by atoms with Gasteiger partial charge in [-0.1, -0.05) is 54.6 Å². The van der Waals surface area contributed by atoms with Crippen LogP contribution in [0.3, 0.4) is 0 Å². The third-order valence-electron chi connectivity index (χ3n) is 3.33. The Balaban J connectivity index is 0.000000290. The van der Waals surface area contributed by atoms with E-state index >= 15 is 0 Å². The number of para-hydroxylation sites is 3. The molecule has 0 fully saturated rings. The second kappa shape index (κ2) is 8.29. The summed E-state index contributed by atoms with van der Waals surface area (Å²) < 4.78 is 4.22. The highest BCUT2D eigenvalue weighted by molar-refractivity contribution is 5.76. The van der Waals surface area contributed by atoms with Crippen molar-refractivity contribution in [2.24, 2.45) is 0 Å². The Morgan fingerprint density at radius 1 is 0.583 bits per heavy atom. The van der Waals surface area contributed by atoms with E-state index in [0.29, 0.717) is 0 Å². The van der Waals surface area contributed by atoms with Gasteiger partial charge in [-0.15, -0.1) is 5.10 Å². The van der Waals surface area contributed by atoms with Crippen molar-refractivity contribution < 1.29 is 4.52 Å². The first kappa shape index (κ1) is 15.5. The largest absolute Gasteiger partial charge is 0.346 e. The molecule has 0 radical (unpaired) electrons. The lowest BCUT2D eigenvalue weighted by atomic mass is 10.2. The van der Waals surface area contributed by atoms with Crippen molar-refractivity contribution in [1.29, 1.82) is 0 Å². The molecule has 118 valence electrons. The average molecular weight is 315 g/mol. The van der Waals surface area contributed by atoms with Gasteiger partial charge in [-0.3, -0.25) is 0 Å². The summed E-state index contributed by atoms with van der Waals surface area (Å²) in [5.74, 6) is 0. The summed E-state index contributed by atoms with van der Waals surface area (Å²) in [5, 5.41) is 6.40. The Kier molecular flexibility index (Phi) is 5.35. The van der Waals surface area contributed by atoms with Crippen molar-refractivity contribution in [3.63, 3.8) is 0 Å². The molecule has 0 N–H and O–H groups in total. The zero-order valence-electron chi connectivity index (χ0n) is 13.1. The van der Waals surface area contributed by atoms with Crippen LogP contribution in [0, 0.1) is 0 Å². The molecule has 0 aliphatic rings. The van der Waals surface area contributed by atoms with Gasteiger partial charge in [0.1, 0.15) is 6.26 Å². The number of aromatic nitrogens is 2. The second-order valence-corrected chi connectivity index (χ2v) is 4.93. The van der Waals surface area contributed by atoms with Crippen molar-refractivity contribution in [2.75, 3.05) is 4.90 Å². The Morgan fingerprint density at radius 3 is 1.25 bits per heavy atom. The minimum Gasteiger partial charge on any atom is -0.346 e. The molecule has 0 bridgehead atoms. The average Bonchev–Trinajstić information content (AvgIpc) is 3.25. The van der Waals surface area contributed by atoms with E-state index in [1.165, 1.54) is 29.5 Å². The van der Waals surface area contributed by atoms with E-state index in [4.69, 9.17) is 0 Å². The number of hydrogen-bond acceptors (Lipinski definition) is 4. The van der Waals surface area contributed by atoms with Gasteiger partial charge in [0.2, 0.25) is 0 Å². The molecule has 0 amide bonds. The zero-order chi connectivity index (χ0) is 16.5. The molecular weight excluding hydrogens is 298 g/mol. The molecule has 4 heteroatoms. The summed E-state index contributed by atoms with van der Waals surface area (Å²) in [6.07, 6.45) is 2.88. The normalized spacial score (nSPS) is 9.67. The van der Waals surface area contributed by atoms with Crippen LogP contribution in [-0.2, 0) is 0 Å². The van der Waals surface area contributed by atoms with Crippen LogP contribution in [0.5, 0.6) is 0 Å². The molecule has 4 rings (SSSR count). The standard InChI is InChI=1S/C18H15N.C2H2N2O/c1-4-10-16(11-5-1)19(17-12-6-2-7-13-17)18-14-8-3-9-15-18;1-2-5-4-3-1/h1-15H;1-2H. The molecule has 0 spiro atoms. The lowest BCUT2D eigenvalue weighted by Crippen LogP contribution is -2.09. The van der Waals surface area contributed by atoms with Crippen LogP contribution in [0.2, 0.25) is 0 Å². The minimum absolute atomic E-state index is 1.17. The lowest BCUT2D eigenvalue weighted by molar-refractivity contribution is 0.393.